The van der Waals surface area contributed by atoms with Gasteiger partial charge in [0, 0.05) is 18.1 Å². The van der Waals surface area contributed by atoms with Gasteiger partial charge in [-0.2, -0.15) is 0 Å². The largest absolute Gasteiger partial charge is 0.354 e. The van der Waals surface area contributed by atoms with Crippen molar-refractivity contribution in [3.05, 3.63) is 94.2 Å². The van der Waals surface area contributed by atoms with Crippen molar-refractivity contribution in [1.82, 2.24) is 10.2 Å². The monoisotopic (exact) mass is 607 g/mol. The molecule has 3 rings (SSSR count). The van der Waals surface area contributed by atoms with E-state index in [9.17, 15) is 22.4 Å². The Morgan fingerprint density at radius 1 is 0.950 bits per heavy atom. The summed E-state index contributed by atoms with van der Waals surface area (Å²) in [6.45, 7) is 5.38. The first-order chi connectivity index (χ1) is 18.9. The first kappa shape index (κ1) is 31.4. The quantitative estimate of drug-likeness (QED) is 0.277. The molecule has 0 bridgehead atoms. The highest BCUT2D eigenvalue weighted by Gasteiger charge is 2.34. The number of amides is 2. The summed E-state index contributed by atoms with van der Waals surface area (Å²) in [4.78, 5) is 28.5. The third-order valence-electron chi connectivity index (χ3n) is 6.17. The van der Waals surface area contributed by atoms with Crippen molar-refractivity contribution in [2.45, 2.75) is 44.7 Å². The second-order valence-corrected chi connectivity index (χ2v) is 12.3. The minimum atomic E-state index is -4.29. The third kappa shape index (κ3) is 7.74. The molecule has 0 radical (unpaired) electrons. The van der Waals surface area contributed by atoms with Crippen LogP contribution in [0.4, 0.5) is 10.1 Å². The zero-order valence-corrected chi connectivity index (χ0v) is 24.8. The smallest absolute Gasteiger partial charge is 0.264 e. The van der Waals surface area contributed by atoms with E-state index in [4.69, 9.17) is 23.2 Å². The van der Waals surface area contributed by atoms with Gasteiger partial charge in [0.15, 0.2) is 0 Å². The SMILES string of the molecule is CC[C@@H](C(=O)NCC(C)C)N(Cc1ccccc1Cl)C(=O)CN(c1ccc(F)c(Cl)c1)S(=O)(=O)c1ccccc1. The van der Waals surface area contributed by atoms with Gasteiger partial charge >= 0.3 is 0 Å². The number of carbonyl (C=O) groups excluding carboxylic acids is 2. The molecule has 0 heterocycles. The summed E-state index contributed by atoms with van der Waals surface area (Å²) in [5.41, 5.74) is 0.591. The molecule has 1 N–H and O–H groups in total. The molecule has 0 aliphatic heterocycles. The second kappa shape index (κ2) is 14.0. The number of hydrogen-bond acceptors (Lipinski definition) is 4. The summed E-state index contributed by atoms with van der Waals surface area (Å²) in [6.07, 6.45) is 0.272. The van der Waals surface area contributed by atoms with Crippen molar-refractivity contribution < 1.29 is 22.4 Å². The van der Waals surface area contributed by atoms with E-state index in [1.807, 2.05) is 13.8 Å². The Labute approximate surface area is 244 Å². The maximum Gasteiger partial charge on any atom is 0.264 e. The van der Waals surface area contributed by atoms with Crippen molar-refractivity contribution >= 4 is 50.7 Å². The number of hydrogen-bond donors (Lipinski definition) is 1. The molecular weight excluding hydrogens is 576 g/mol. The van der Waals surface area contributed by atoms with E-state index in [0.29, 0.717) is 17.1 Å². The van der Waals surface area contributed by atoms with Crippen LogP contribution in [0.3, 0.4) is 0 Å². The van der Waals surface area contributed by atoms with Crippen molar-refractivity contribution in [2.75, 3.05) is 17.4 Å². The fourth-order valence-electron chi connectivity index (χ4n) is 4.04. The highest BCUT2D eigenvalue weighted by Crippen LogP contribution is 2.29. The van der Waals surface area contributed by atoms with Gasteiger partial charge in [0.25, 0.3) is 10.0 Å². The van der Waals surface area contributed by atoms with Crippen LogP contribution in [0, 0.1) is 11.7 Å². The van der Waals surface area contributed by atoms with Crippen molar-refractivity contribution in [1.29, 1.82) is 0 Å². The van der Waals surface area contributed by atoms with Crippen LogP contribution in [0.15, 0.2) is 77.7 Å². The lowest BCUT2D eigenvalue weighted by atomic mass is 10.1. The van der Waals surface area contributed by atoms with Gasteiger partial charge in [0.05, 0.1) is 15.6 Å². The number of rotatable bonds is 12. The molecule has 0 unspecified atom stereocenters. The summed E-state index contributed by atoms with van der Waals surface area (Å²) >= 11 is 12.4. The van der Waals surface area contributed by atoms with Crippen LogP contribution in [-0.4, -0.2) is 44.3 Å². The Hall–Kier alpha value is -3.14. The molecule has 7 nitrogen and oxygen atoms in total. The van der Waals surface area contributed by atoms with Gasteiger partial charge in [-0.1, -0.05) is 80.4 Å². The zero-order chi connectivity index (χ0) is 29.4. The van der Waals surface area contributed by atoms with Gasteiger partial charge in [0.1, 0.15) is 18.4 Å². The van der Waals surface area contributed by atoms with E-state index in [1.165, 1.54) is 23.1 Å². The Bertz CT molecular complexity index is 1440. The van der Waals surface area contributed by atoms with Gasteiger partial charge in [-0.3, -0.25) is 13.9 Å². The number of carbonyl (C=O) groups is 2. The van der Waals surface area contributed by atoms with Crippen LogP contribution in [0.25, 0.3) is 0 Å². The maximum atomic E-state index is 14.0. The molecule has 1 atom stereocenters. The van der Waals surface area contributed by atoms with Crippen LogP contribution in [0.1, 0.15) is 32.8 Å². The number of halogens is 3. The van der Waals surface area contributed by atoms with Crippen molar-refractivity contribution in [3.8, 4) is 0 Å². The zero-order valence-electron chi connectivity index (χ0n) is 22.5. The van der Waals surface area contributed by atoms with Crippen molar-refractivity contribution in [2.24, 2.45) is 5.92 Å². The molecule has 0 aliphatic carbocycles. The third-order valence-corrected chi connectivity index (χ3v) is 8.62. The van der Waals surface area contributed by atoms with Crippen LogP contribution in [-0.2, 0) is 26.2 Å². The lowest BCUT2D eigenvalue weighted by Gasteiger charge is -2.33. The summed E-state index contributed by atoms with van der Waals surface area (Å²) in [7, 11) is -4.29. The van der Waals surface area contributed by atoms with E-state index in [0.717, 1.165) is 16.4 Å². The van der Waals surface area contributed by atoms with Crippen molar-refractivity contribution in [3.63, 3.8) is 0 Å². The van der Waals surface area contributed by atoms with Gasteiger partial charge in [0.2, 0.25) is 11.8 Å². The van der Waals surface area contributed by atoms with Crippen LogP contribution < -0.4 is 9.62 Å². The lowest BCUT2D eigenvalue weighted by molar-refractivity contribution is -0.140. The first-order valence-electron chi connectivity index (χ1n) is 12.8. The number of nitrogens with zero attached hydrogens (tertiary/aromatic N) is 2. The standard InChI is InChI=1S/C29H32Cl2FN3O4S/c1-4-27(29(37)33-17-20(2)3)34(18-21-10-8-9-13-24(21)30)28(36)19-35(22-14-15-26(32)25(31)16-22)40(38,39)23-11-6-5-7-12-23/h5-16,20,27H,4,17-19H2,1-3H3,(H,33,37)/t27-/m0/s1. The predicted molar refractivity (Wildman–Crippen MR) is 156 cm³/mol. The molecule has 0 aliphatic rings. The van der Waals surface area contributed by atoms with Gasteiger partial charge in [-0.15, -0.1) is 0 Å². The average molecular weight is 609 g/mol. The maximum absolute atomic E-state index is 14.0. The molecule has 0 aromatic heterocycles. The Morgan fingerprint density at radius 3 is 2.20 bits per heavy atom. The molecule has 40 heavy (non-hydrogen) atoms. The van der Waals surface area contributed by atoms with Gasteiger partial charge in [-0.05, 0) is 54.3 Å². The molecule has 2 amide bonds. The molecular formula is C29H32Cl2FN3O4S. The topological polar surface area (TPSA) is 86.8 Å². The number of nitrogens with one attached hydrogen (secondary N) is 1. The molecule has 0 spiro atoms. The van der Waals surface area contributed by atoms with E-state index in [1.54, 1.807) is 49.4 Å². The highest BCUT2D eigenvalue weighted by molar-refractivity contribution is 7.92. The highest BCUT2D eigenvalue weighted by atomic mass is 35.5. The molecule has 3 aromatic carbocycles. The molecule has 0 saturated carbocycles. The van der Waals surface area contributed by atoms with E-state index >= 15 is 0 Å². The van der Waals surface area contributed by atoms with Gasteiger partial charge < -0.3 is 10.2 Å². The summed E-state index contributed by atoms with van der Waals surface area (Å²) in [5, 5.41) is 2.97. The minimum absolute atomic E-state index is 0.00129. The molecule has 3 aromatic rings. The average Bonchev–Trinajstić information content (AvgIpc) is 2.93. The van der Waals surface area contributed by atoms with E-state index in [2.05, 4.69) is 5.32 Å². The van der Waals surface area contributed by atoms with E-state index in [-0.39, 0.29) is 40.4 Å². The summed E-state index contributed by atoms with van der Waals surface area (Å²) in [5.74, 6) is -1.56. The van der Waals surface area contributed by atoms with Crippen LogP contribution in [0.5, 0.6) is 0 Å². The normalized spacial score (nSPS) is 12.2. The summed E-state index contributed by atoms with van der Waals surface area (Å²) < 4.78 is 42.4. The second-order valence-electron chi connectivity index (χ2n) is 9.60. The fraction of sp³-hybridized carbons (Fsp3) is 0.310. The molecule has 11 heteroatoms. The molecule has 214 valence electrons. The predicted octanol–water partition coefficient (Wildman–Crippen LogP) is 5.91. The Kier molecular flexibility index (Phi) is 11.0. The number of anilines is 1. The first-order valence-corrected chi connectivity index (χ1v) is 15.0. The summed E-state index contributed by atoms with van der Waals surface area (Å²) in [6, 6.07) is 17.0. The molecule has 0 fully saturated rings. The number of benzene rings is 3. The Balaban J connectivity index is 2.07. The van der Waals surface area contributed by atoms with Crippen LogP contribution >= 0.6 is 23.2 Å². The molecule has 0 saturated heterocycles. The Morgan fingerprint density at radius 2 is 1.60 bits per heavy atom. The number of sulfonamides is 1. The fourth-order valence-corrected chi connectivity index (χ4v) is 5.84. The van der Waals surface area contributed by atoms with Gasteiger partial charge in [-0.25, -0.2) is 12.8 Å². The lowest BCUT2D eigenvalue weighted by Crippen LogP contribution is -2.52. The van der Waals surface area contributed by atoms with E-state index < -0.39 is 34.3 Å². The minimum Gasteiger partial charge on any atom is -0.354 e. The van der Waals surface area contributed by atoms with Crippen LogP contribution in [0.2, 0.25) is 10.0 Å².